The molecule has 0 unspecified atom stereocenters. The third kappa shape index (κ3) is 3.21. The molecule has 0 atom stereocenters. The van der Waals surface area contributed by atoms with E-state index in [0.717, 1.165) is 35.7 Å². The molecule has 0 aliphatic carbocycles. The number of hydrogen-bond acceptors (Lipinski definition) is 4. The number of benzene rings is 1. The van der Waals surface area contributed by atoms with E-state index in [9.17, 15) is 4.79 Å². The van der Waals surface area contributed by atoms with Gasteiger partial charge in [-0.1, -0.05) is 12.1 Å². The molecule has 0 radical (unpaired) electrons. The molecule has 2 N–H and O–H groups in total. The summed E-state index contributed by atoms with van der Waals surface area (Å²) in [6.07, 6.45) is 2.31. The summed E-state index contributed by atoms with van der Waals surface area (Å²) < 4.78 is 6.10. The number of carboxylic acids is 1. The average Bonchev–Trinajstić information content (AvgIpc) is 2.99. The minimum absolute atomic E-state index is 0.0777. The van der Waals surface area contributed by atoms with Crippen molar-refractivity contribution in [3.63, 3.8) is 0 Å². The molecule has 1 aromatic heterocycles. The van der Waals surface area contributed by atoms with Crippen LogP contribution >= 0.6 is 11.8 Å². The zero-order valence-corrected chi connectivity index (χ0v) is 12.2. The Kier molecular flexibility index (Phi) is 4.15. The molecule has 110 valence electrons. The Morgan fingerprint density at radius 2 is 2.10 bits per heavy atom. The van der Waals surface area contributed by atoms with Gasteiger partial charge in [0.05, 0.1) is 5.69 Å². The monoisotopic (exact) mass is 304 g/mol. The number of carbonyl (C=O) groups is 1. The van der Waals surface area contributed by atoms with Gasteiger partial charge in [0.1, 0.15) is 17.5 Å². The first-order chi connectivity index (χ1) is 10.2. The molecule has 0 bridgehead atoms. The number of aromatic carboxylic acids is 1. The van der Waals surface area contributed by atoms with Crippen molar-refractivity contribution in [1.29, 1.82) is 0 Å². The second kappa shape index (κ2) is 6.22. The maximum atomic E-state index is 10.9. The summed E-state index contributed by atoms with van der Waals surface area (Å²) in [5.41, 5.74) is 1.49. The minimum atomic E-state index is -1.02. The van der Waals surface area contributed by atoms with Gasteiger partial charge in [-0.3, -0.25) is 5.10 Å². The van der Waals surface area contributed by atoms with E-state index >= 15 is 0 Å². The van der Waals surface area contributed by atoms with Crippen LogP contribution in [0.25, 0.3) is 11.3 Å². The SMILES string of the molecule is O=C(O)c1cc(-c2ccccc2OC2CCSCC2)n[nH]1. The molecule has 0 saturated carbocycles. The van der Waals surface area contributed by atoms with Gasteiger partial charge in [-0.25, -0.2) is 4.79 Å². The van der Waals surface area contributed by atoms with Crippen molar-refractivity contribution in [3.8, 4) is 17.0 Å². The van der Waals surface area contributed by atoms with Crippen LogP contribution in [0.3, 0.4) is 0 Å². The van der Waals surface area contributed by atoms with Crippen LogP contribution in [0.15, 0.2) is 30.3 Å². The summed E-state index contributed by atoms with van der Waals surface area (Å²) in [6, 6.07) is 9.15. The van der Waals surface area contributed by atoms with E-state index in [-0.39, 0.29) is 11.8 Å². The maximum Gasteiger partial charge on any atom is 0.353 e. The smallest absolute Gasteiger partial charge is 0.353 e. The zero-order valence-electron chi connectivity index (χ0n) is 11.4. The number of aromatic amines is 1. The van der Waals surface area contributed by atoms with Crippen LogP contribution in [-0.2, 0) is 0 Å². The van der Waals surface area contributed by atoms with Crippen molar-refractivity contribution in [1.82, 2.24) is 10.2 Å². The molecule has 1 saturated heterocycles. The van der Waals surface area contributed by atoms with E-state index in [0.29, 0.717) is 5.69 Å². The van der Waals surface area contributed by atoms with E-state index in [1.165, 1.54) is 6.07 Å². The fourth-order valence-corrected chi connectivity index (χ4v) is 3.39. The number of hydrogen-bond donors (Lipinski definition) is 2. The molecular weight excluding hydrogens is 288 g/mol. The highest BCUT2D eigenvalue weighted by atomic mass is 32.2. The van der Waals surface area contributed by atoms with Crippen molar-refractivity contribution in [2.24, 2.45) is 0 Å². The predicted octanol–water partition coefficient (Wildman–Crippen LogP) is 3.05. The molecule has 5 nitrogen and oxygen atoms in total. The molecule has 1 aliphatic rings. The predicted molar refractivity (Wildman–Crippen MR) is 82.0 cm³/mol. The summed E-state index contributed by atoms with van der Waals surface area (Å²) in [4.78, 5) is 10.9. The van der Waals surface area contributed by atoms with Crippen LogP contribution in [-0.4, -0.2) is 38.9 Å². The fourth-order valence-electron chi connectivity index (χ4n) is 2.32. The van der Waals surface area contributed by atoms with Crippen LogP contribution < -0.4 is 4.74 Å². The van der Waals surface area contributed by atoms with Crippen LogP contribution in [0.1, 0.15) is 23.3 Å². The van der Waals surface area contributed by atoms with Gasteiger partial charge in [0.25, 0.3) is 0 Å². The third-order valence-electron chi connectivity index (χ3n) is 3.43. The lowest BCUT2D eigenvalue weighted by Gasteiger charge is -2.23. The second-order valence-corrected chi connectivity index (χ2v) is 6.12. The Bertz CT molecular complexity index is 635. The number of nitrogens with one attached hydrogen (secondary N) is 1. The molecule has 21 heavy (non-hydrogen) atoms. The Labute approximate surface area is 126 Å². The summed E-state index contributed by atoms with van der Waals surface area (Å²) in [5.74, 6) is 1.99. The summed E-state index contributed by atoms with van der Waals surface area (Å²) in [7, 11) is 0. The number of nitrogens with zero attached hydrogens (tertiary/aromatic N) is 1. The second-order valence-electron chi connectivity index (χ2n) is 4.90. The Morgan fingerprint density at radius 3 is 2.81 bits per heavy atom. The van der Waals surface area contributed by atoms with Crippen molar-refractivity contribution in [2.75, 3.05) is 11.5 Å². The lowest BCUT2D eigenvalue weighted by molar-refractivity contribution is 0.0690. The first-order valence-corrected chi connectivity index (χ1v) is 8.02. The quantitative estimate of drug-likeness (QED) is 0.908. The van der Waals surface area contributed by atoms with Crippen molar-refractivity contribution < 1.29 is 14.6 Å². The van der Waals surface area contributed by atoms with Gasteiger partial charge in [-0.15, -0.1) is 0 Å². The highest BCUT2D eigenvalue weighted by Crippen LogP contribution is 2.31. The highest BCUT2D eigenvalue weighted by molar-refractivity contribution is 7.99. The lowest BCUT2D eigenvalue weighted by atomic mass is 10.1. The van der Waals surface area contributed by atoms with Gasteiger partial charge in [-0.05, 0) is 42.5 Å². The number of H-pyrrole nitrogens is 1. The molecular formula is C15H16N2O3S. The van der Waals surface area contributed by atoms with E-state index < -0.39 is 5.97 Å². The zero-order chi connectivity index (χ0) is 14.7. The molecule has 2 aromatic rings. The van der Waals surface area contributed by atoms with Gasteiger partial charge >= 0.3 is 5.97 Å². The summed E-state index contributed by atoms with van der Waals surface area (Å²) in [5, 5.41) is 15.6. The summed E-state index contributed by atoms with van der Waals surface area (Å²) in [6.45, 7) is 0. The minimum Gasteiger partial charge on any atom is -0.490 e. The number of para-hydroxylation sites is 1. The van der Waals surface area contributed by atoms with Crippen molar-refractivity contribution in [2.45, 2.75) is 18.9 Å². The lowest BCUT2D eigenvalue weighted by Crippen LogP contribution is -2.22. The molecule has 0 amide bonds. The normalized spacial score (nSPS) is 15.8. The van der Waals surface area contributed by atoms with Gasteiger partial charge in [0.2, 0.25) is 0 Å². The molecule has 0 spiro atoms. The van der Waals surface area contributed by atoms with Crippen molar-refractivity contribution in [3.05, 3.63) is 36.0 Å². The van der Waals surface area contributed by atoms with Gasteiger partial charge < -0.3 is 9.84 Å². The molecule has 1 aromatic carbocycles. The summed E-state index contributed by atoms with van der Waals surface area (Å²) >= 11 is 1.95. The number of rotatable bonds is 4. The van der Waals surface area contributed by atoms with Crippen LogP contribution in [0.5, 0.6) is 5.75 Å². The standard InChI is InChI=1S/C15H16N2O3S/c18-15(19)13-9-12(16-17-13)11-3-1-2-4-14(11)20-10-5-7-21-8-6-10/h1-4,9-10H,5-8H2,(H,16,17)(H,18,19). The Hall–Kier alpha value is -1.95. The van der Waals surface area contributed by atoms with E-state index in [2.05, 4.69) is 10.2 Å². The first-order valence-electron chi connectivity index (χ1n) is 6.86. The molecule has 1 aliphatic heterocycles. The van der Waals surface area contributed by atoms with E-state index in [1.807, 2.05) is 36.0 Å². The van der Waals surface area contributed by atoms with Gasteiger partial charge in [0, 0.05) is 5.56 Å². The number of thioether (sulfide) groups is 1. The Morgan fingerprint density at radius 1 is 1.33 bits per heavy atom. The number of aromatic nitrogens is 2. The van der Waals surface area contributed by atoms with Crippen molar-refractivity contribution >= 4 is 17.7 Å². The first kappa shape index (κ1) is 14.0. The van der Waals surface area contributed by atoms with E-state index in [4.69, 9.17) is 9.84 Å². The van der Waals surface area contributed by atoms with Gasteiger partial charge in [0.15, 0.2) is 0 Å². The van der Waals surface area contributed by atoms with Crippen LogP contribution in [0.4, 0.5) is 0 Å². The molecule has 1 fully saturated rings. The molecule has 3 rings (SSSR count). The Balaban J connectivity index is 1.85. The molecule has 6 heteroatoms. The van der Waals surface area contributed by atoms with E-state index in [1.54, 1.807) is 0 Å². The highest BCUT2D eigenvalue weighted by Gasteiger charge is 2.18. The number of carboxylic acid groups (broad SMARTS) is 1. The van der Waals surface area contributed by atoms with Gasteiger partial charge in [-0.2, -0.15) is 16.9 Å². The number of ether oxygens (including phenoxy) is 1. The topological polar surface area (TPSA) is 75.2 Å². The fraction of sp³-hybridized carbons (Fsp3) is 0.333. The maximum absolute atomic E-state index is 10.9. The third-order valence-corrected chi connectivity index (χ3v) is 4.48. The van der Waals surface area contributed by atoms with Crippen LogP contribution in [0.2, 0.25) is 0 Å². The average molecular weight is 304 g/mol. The van der Waals surface area contributed by atoms with Crippen LogP contribution in [0, 0.1) is 0 Å². The molecule has 2 heterocycles. The largest absolute Gasteiger partial charge is 0.490 e.